The molecule has 12 heavy (non-hydrogen) atoms. The number of hydrogen-bond acceptors (Lipinski definition) is 0. The Morgan fingerprint density at radius 2 is 1.25 bits per heavy atom. The van der Waals surface area contributed by atoms with Gasteiger partial charge in [-0.25, -0.2) is 0 Å². The lowest BCUT2D eigenvalue weighted by Gasteiger charge is -2.05. The minimum atomic E-state index is 0.566. The van der Waals surface area contributed by atoms with E-state index in [1.807, 2.05) is 0 Å². The van der Waals surface area contributed by atoms with Crippen molar-refractivity contribution in [2.24, 2.45) is 0 Å². The zero-order valence-corrected chi connectivity index (χ0v) is 11.9. The van der Waals surface area contributed by atoms with Gasteiger partial charge in [0.05, 0.1) is 0 Å². The van der Waals surface area contributed by atoms with Crippen LogP contribution in [0.2, 0.25) is 0 Å². The van der Waals surface area contributed by atoms with Crippen LogP contribution >= 0.6 is 68.4 Å². The van der Waals surface area contributed by atoms with Crippen LogP contribution in [0, 0.1) is 7.14 Å². The first-order valence-electron chi connectivity index (χ1n) is 3.27. The van der Waals surface area contributed by atoms with E-state index in [1.165, 1.54) is 18.3 Å². The van der Waals surface area contributed by atoms with Crippen molar-refractivity contribution in [1.29, 1.82) is 0 Å². The molecule has 1 aromatic rings. The van der Waals surface area contributed by atoms with Crippen molar-refractivity contribution < 1.29 is 0 Å². The summed E-state index contributed by atoms with van der Waals surface area (Å²) in [5.74, 6) is 1.13. The maximum atomic E-state index is 5.76. The fraction of sp³-hybridized carbons (Fsp3) is 0.250. The van der Waals surface area contributed by atoms with Crippen LogP contribution < -0.4 is 0 Å². The highest BCUT2D eigenvalue weighted by Crippen LogP contribution is 2.23. The second-order valence-electron chi connectivity index (χ2n) is 2.30. The van der Waals surface area contributed by atoms with Crippen molar-refractivity contribution in [3.8, 4) is 0 Å². The van der Waals surface area contributed by atoms with Crippen molar-refractivity contribution in [1.82, 2.24) is 0 Å². The van der Waals surface area contributed by atoms with Gasteiger partial charge in [-0.1, -0.05) is 0 Å². The molecule has 66 valence electrons. The predicted octanol–water partition coefficient (Wildman–Crippen LogP) is 4.37. The van der Waals surface area contributed by atoms with Crippen molar-refractivity contribution in [3.63, 3.8) is 0 Å². The standard InChI is InChI=1S/C8H6Cl2I2/c9-3-5-1-7(11)6(4-10)2-8(5)12/h1-2H,3-4H2. The lowest BCUT2D eigenvalue weighted by Crippen LogP contribution is -1.91. The third kappa shape index (κ3) is 2.62. The lowest BCUT2D eigenvalue weighted by molar-refractivity contribution is 1.28. The average Bonchev–Trinajstić information content (AvgIpc) is 2.08. The molecule has 0 aliphatic carbocycles. The molecule has 0 aliphatic heterocycles. The average molecular weight is 427 g/mol. The molecule has 0 fully saturated rings. The van der Waals surface area contributed by atoms with Gasteiger partial charge in [0.1, 0.15) is 0 Å². The van der Waals surface area contributed by atoms with Crippen molar-refractivity contribution in [2.45, 2.75) is 11.8 Å². The molecule has 0 amide bonds. The molecular weight excluding hydrogens is 421 g/mol. The summed E-state index contributed by atoms with van der Waals surface area (Å²) in [4.78, 5) is 0. The normalized spacial score (nSPS) is 10.3. The van der Waals surface area contributed by atoms with E-state index in [2.05, 4.69) is 57.3 Å². The Bertz CT molecular complexity index is 257. The van der Waals surface area contributed by atoms with Crippen LogP contribution in [0.25, 0.3) is 0 Å². The van der Waals surface area contributed by atoms with E-state index < -0.39 is 0 Å². The Balaban J connectivity index is 3.16. The summed E-state index contributed by atoms with van der Waals surface area (Å²) in [5, 5.41) is 0. The van der Waals surface area contributed by atoms with Crippen LogP contribution in [0.5, 0.6) is 0 Å². The van der Waals surface area contributed by atoms with Gasteiger partial charge in [0, 0.05) is 18.9 Å². The highest BCUT2D eigenvalue weighted by Gasteiger charge is 2.04. The fourth-order valence-corrected chi connectivity index (χ4v) is 3.17. The first-order chi connectivity index (χ1) is 5.69. The Morgan fingerprint density at radius 3 is 1.50 bits per heavy atom. The molecule has 0 saturated carbocycles. The van der Waals surface area contributed by atoms with Gasteiger partial charge in [0.15, 0.2) is 0 Å². The van der Waals surface area contributed by atoms with Gasteiger partial charge < -0.3 is 0 Å². The molecule has 0 N–H and O–H groups in total. The second kappa shape index (κ2) is 5.22. The van der Waals surface area contributed by atoms with Crippen LogP contribution in [-0.2, 0) is 11.8 Å². The Hall–Kier alpha value is 1.26. The van der Waals surface area contributed by atoms with Crippen molar-refractivity contribution in [2.75, 3.05) is 0 Å². The minimum Gasteiger partial charge on any atom is -0.122 e. The molecule has 1 aromatic carbocycles. The first-order valence-corrected chi connectivity index (χ1v) is 6.50. The topological polar surface area (TPSA) is 0 Å². The van der Waals surface area contributed by atoms with Crippen LogP contribution in [0.15, 0.2) is 12.1 Å². The molecule has 1 rings (SSSR count). The lowest BCUT2D eigenvalue weighted by atomic mass is 10.2. The van der Waals surface area contributed by atoms with Gasteiger partial charge in [-0.15, -0.1) is 23.2 Å². The van der Waals surface area contributed by atoms with Crippen LogP contribution in [0.4, 0.5) is 0 Å². The fourth-order valence-electron chi connectivity index (χ4n) is 0.834. The van der Waals surface area contributed by atoms with E-state index in [-0.39, 0.29) is 0 Å². The van der Waals surface area contributed by atoms with E-state index in [0.717, 1.165) is 0 Å². The van der Waals surface area contributed by atoms with E-state index in [4.69, 9.17) is 23.2 Å². The molecule has 0 unspecified atom stereocenters. The van der Waals surface area contributed by atoms with Gasteiger partial charge in [0.2, 0.25) is 0 Å². The van der Waals surface area contributed by atoms with Crippen LogP contribution in [0.1, 0.15) is 11.1 Å². The summed E-state index contributed by atoms with van der Waals surface area (Å²) in [5.41, 5.74) is 2.35. The summed E-state index contributed by atoms with van der Waals surface area (Å²) < 4.78 is 2.39. The predicted molar refractivity (Wildman–Crippen MR) is 71.0 cm³/mol. The molecule has 0 radical (unpaired) electrons. The molecule has 0 heterocycles. The molecular formula is C8H6Cl2I2. The maximum absolute atomic E-state index is 5.76. The first kappa shape index (κ1) is 11.3. The zero-order valence-electron chi connectivity index (χ0n) is 6.08. The summed E-state index contributed by atoms with van der Waals surface area (Å²) in [7, 11) is 0. The van der Waals surface area contributed by atoms with E-state index in [0.29, 0.717) is 11.8 Å². The summed E-state index contributed by atoms with van der Waals surface area (Å²) >= 11 is 16.1. The van der Waals surface area contributed by atoms with E-state index >= 15 is 0 Å². The Morgan fingerprint density at radius 1 is 0.917 bits per heavy atom. The highest BCUT2D eigenvalue weighted by molar-refractivity contribution is 14.1. The third-order valence-corrected chi connectivity index (χ3v) is 4.09. The van der Waals surface area contributed by atoms with Gasteiger partial charge in [-0.3, -0.25) is 0 Å². The summed E-state index contributed by atoms with van der Waals surface area (Å²) in [6.45, 7) is 0. The quantitative estimate of drug-likeness (QED) is 0.486. The smallest absolute Gasteiger partial charge is 0.0484 e. The molecule has 4 heteroatoms. The number of hydrogen-bond donors (Lipinski definition) is 0. The summed E-state index contributed by atoms with van der Waals surface area (Å²) in [6.07, 6.45) is 0. The highest BCUT2D eigenvalue weighted by atomic mass is 127. The second-order valence-corrected chi connectivity index (χ2v) is 5.16. The number of benzene rings is 1. The molecule has 0 aliphatic rings. The SMILES string of the molecule is ClCc1cc(I)c(CCl)cc1I. The number of halogens is 4. The largest absolute Gasteiger partial charge is 0.122 e. The van der Waals surface area contributed by atoms with E-state index in [1.54, 1.807) is 0 Å². The van der Waals surface area contributed by atoms with Gasteiger partial charge in [-0.05, 0) is 68.4 Å². The molecule has 0 aromatic heterocycles. The monoisotopic (exact) mass is 426 g/mol. The van der Waals surface area contributed by atoms with Crippen molar-refractivity contribution >= 4 is 68.4 Å². The van der Waals surface area contributed by atoms with Crippen molar-refractivity contribution in [3.05, 3.63) is 30.4 Å². The van der Waals surface area contributed by atoms with E-state index in [9.17, 15) is 0 Å². The molecule has 0 atom stereocenters. The molecule has 0 saturated heterocycles. The Kier molecular flexibility index (Phi) is 4.93. The van der Waals surface area contributed by atoms with Gasteiger partial charge in [-0.2, -0.15) is 0 Å². The van der Waals surface area contributed by atoms with Gasteiger partial charge in [0.25, 0.3) is 0 Å². The van der Waals surface area contributed by atoms with Crippen LogP contribution in [0.3, 0.4) is 0 Å². The van der Waals surface area contributed by atoms with Crippen LogP contribution in [-0.4, -0.2) is 0 Å². The Labute approximate surface area is 109 Å². The zero-order chi connectivity index (χ0) is 9.14. The molecule has 0 nitrogen and oxygen atoms in total. The molecule has 0 bridgehead atoms. The number of alkyl halides is 2. The summed E-state index contributed by atoms with van der Waals surface area (Å²) in [6, 6.07) is 4.18. The van der Waals surface area contributed by atoms with Gasteiger partial charge >= 0.3 is 0 Å². The number of rotatable bonds is 2. The third-order valence-electron chi connectivity index (χ3n) is 1.50. The minimum absolute atomic E-state index is 0.566. The molecule has 0 spiro atoms. The maximum Gasteiger partial charge on any atom is 0.0484 e.